The Morgan fingerprint density at radius 3 is 1.80 bits per heavy atom. The summed E-state index contributed by atoms with van der Waals surface area (Å²) in [6.07, 6.45) is 0.967. The molecule has 0 atom stereocenters. The van der Waals surface area contributed by atoms with Crippen LogP contribution in [0.5, 0.6) is 0 Å². The summed E-state index contributed by atoms with van der Waals surface area (Å²) in [5.41, 5.74) is 5.43. The maximum Gasteiger partial charge on any atom is 0.0797 e. The summed E-state index contributed by atoms with van der Waals surface area (Å²) in [5.74, 6) is 0. The second kappa shape index (κ2) is 6.41. The minimum Gasteiger partial charge on any atom is -0.0885 e. The molecule has 108 valence electrons. The van der Waals surface area contributed by atoms with Crippen LogP contribution in [-0.4, -0.2) is 9.52 Å². The van der Waals surface area contributed by atoms with E-state index < -0.39 is 9.52 Å². The summed E-state index contributed by atoms with van der Waals surface area (Å²) < 4.78 is 0. The van der Waals surface area contributed by atoms with E-state index in [9.17, 15) is 0 Å². The molecule has 0 nitrogen and oxygen atoms in total. The Morgan fingerprint density at radius 2 is 1.45 bits per heavy atom. The van der Waals surface area contributed by atoms with Crippen molar-refractivity contribution in [1.82, 2.24) is 0 Å². The topological polar surface area (TPSA) is 0 Å². The van der Waals surface area contributed by atoms with Crippen molar-refractivity contribution in [2.24, 2.45) is 5.41 Å². The molecule has 0 aromatic carbocycles. The van der Waals surface area contributed by atoms with E-state index in [1.54, 1.807) is 10.4 Å². The normalized spacial score (nSPS) is 22.8. The van der Waals surface area contributed by atoms with Crippen molar-refractivity contribution in [3.8, 4) is 0 Å². The molecular formula is C16H22Cl2SiZr. The first-order valence-corrected chi connectivity index (χ1v) is 8.96. The fourth-order valence-electron chi connectivity index (χ4n) is 3.14. The average Bonchev–Trinajstić information content (AvgIpc) is 2.66. The van der Waals surface area contributed by atoms with Crippen molar-refractivity contribution in [1.29, 1.82) is 0 Å². The third kappa shape index (κ3) is 2.91. The maximum absolute atomic E-state index is 6.53. The number of hydrogen-bond donors (Lipinski definition) is 0. The van der Waals surface area contributed by atoms with Gasteiger partial charge in [-0.05, 0) is 38.8 Å². The van der Waals surface area contributed by atoms with Crippen molar-refractivity contribution in [3.05, 3.63) is 42.7 Å². The van der Waals surface area contributed by atoms with Gasteiger partial charge < -0.3 is 0 Å². The molecule has 0 heterocycles. The van der Waals surface area contributed by atoms with Crippen LogP contribution in [-0.2, 0) is 26.2 Å². The third-order valence-corrected chi connectivity index (χ3v) is 9.05. The number of hydrogen-bond acceptors (Lipinski definition) is 0. The minimum absolute atomic E-state index is 0. The van der Waals surface area contributed by atoms with Crippen LogP contribution in [0.3, 0.4) is 0 Å². The molecule has 0 saturated heterocycles. The van der Waals surface area contributed by atoms with Gasteiger partial charge in [0.25, 0.3) is 0 Å². The first kappa shape index (κ1) is 18.7. The number of rotatable bonds is 2. The first-order valence-electron chi connectivity index (χ1n) is 6.79. The predicted octanol–water partition coefficient (Wildman–Crippen LogP) is 5.17. The molecular weight excluding hydrogens is 382 g/mol. The Morgan fingerprint density at radius 1 is 0.900 bits per heavy atom. The molecule has 0 aromatic heterocycles. The molecule has 0 radical (unpaired) electrons. The van der Waals surface area contributed by atoms with Gasteiger partial charge in [-0.1, -0.05) is 58.6 Å². The monoisotopic (exact) mass is 402 g/mol. The summed E-state index contributed by atoms with van der Waals surface area (Å²) in [6.45, 7) is 13.2. The Balaban J connectivity index is 0.00000200. The van der Waals surface area contributed by atoms with Gasteiger partial charge in [0.05, 0.1) is 9.52 Å². The van der Waals surface area contributed by atoms with Gasteiger partial charge in [0.15, 0.2) is 0 Å². The van der Waals surface area contributed by atoms with Crippen molar-refractivity contribution in [2.75, 3.05) is 0 Å². The quantitative estimate of drug-likeness (QED) is 0.557. The summed E-state index contributed by atoms with van der Waals surface area (Å²) in [4.78, 5) is 0. The van der Waals surface area contributed by atoms with E-state index in [2.05, 4.69) is 41.5 Å². The van der Waals surface area contributed by atoms with Gasteiger partial charge in [0, 0.05) is 48.1 Å². The molecule has 0 N–H and O–H groups in total. The van der Waals surface area contributed by atoms with Gasteiger partial charge in [-0.2, -0.15) is 0 Å². The van der Waals surface area contributed by atoms with E-state index in [0.29, 0.717) is 0 Å². The van der Waals surface area contributed by atoms with Crippen LogP contribution < -0.4 is 0 Å². The number of halogens is 2. The molecule has 0 saturated carbocycles. The maximum atomic E-state index is 6.53. The molecule has 0 aliphatic heterocycles. The molecule has 0 unspecified atom stereocenters. The second-order valence-corrected chi connectivity index (χ2v) is 9.03. The van der Waals surface area contributed by atoms with Crippen LogP contribution in [0.25, 0.3) is 0 Å². The minimum atomic E-state index is -0.455. The smallest absolute Gasteiger partial charge is 0.0797 e. The zero-order valence-corrected chi connectivity index (χ0v) is 18.6. The van der Waals surface area contributed by atoms with E-state index in [4.69, 9.17) is 23.2 Å². The van der Waals surface area contributed by atoms with Crippen LogP contribution in [0.15, 0.2) is 42.7 Å². The van der Waals surface area contributed by atoms with Crippen LogP contribution in [0.1, 0.15) is 48.0 Å². The predicted molar refractivity (Wildman–Crippen MR) is 89.4 cm³/mol. The third-order valence-electron chi connectivity index (χ3n) is 4.91. The zero-order chi connectivity index (χ0) is 14.5. The molecule has 4 heteroatoms. The molecule has 0 bridgehead atoms. The van der Waals surface area contributed by atoms with Gasteiger partial charge in [-0.15, -0.1) is 0 Å². The van der Waals surface area contributed by atoms with Gasteiger partial charge >= 0.3 is 0 Å². The van der Waals surface area contributed by atoms with Crippen LogP contribution >= 0.6 is 23.2 Å². The van der Waals surface area contributed by atoms with E-state index in [1.807, 2.05) is 0 Å². The molecule has 2 aliphatic carbocycles. The van der Waals surface area contributed by atoms with Crippen molar-refractivity contribution in [2.45, 2.75) is 48.0 Å². The van der Waals surface area contributed by atoms with Crippen LogP contribution in [0.2, 0.25) is 0 Å². The van der Waals surface area contributed by atoms with Gasteiger partial charge in [-0.25, -0.2) is 0 Å². The fraction of sp³-hybridized carbons (Fsp3) is 0.500. The Labute approximate surface area is 154 Å². The van der Waals surface area contributed by atoms with Crippen molar-refractivity contribution < 1.29 is 26.2 Å². The first-order chi connectivity index (χ1) is 8.67. The summed E-state index contributed by atoms with van der Waals surface area (Å²) >= 11 is 12.8. The molecule has 0 fully saturated rings. The van der Waals surface area contributed by atoms with Gasteiger partial charge in [0.1, 0.15) is 0 Å². The van der Waals surface area contributed by atoms with Crippen LogP contribution in [0.4, 0.5) is 0 Å². The zero-order valence-electron chi connectivity index (χ0n) is 13.2. The van der Waals surface area contributed by atoms with Crippen LogP contribution in [0, 0.1) is 5.41 Å². The summed E-state index contributed by atoms with van der Waals surface area (Å²) in [7, 11) is -0.455. The molecule has 20 heavy (non-hydrogen) atoms. The number of allylic oxidation sites excluding steroid dienone is 8. The van der Waals surface area contributed by atoms with Crippen molar-refractivity contribution >= 4 is 32.7 Å². The largest absolute Gasteiger partial charge is 0.0885 e. The summed E-state index contributed by atoms with van der Waals surface area (Å²) in [5, 5.41) is 5.23. The average molecular weight is 405 g/mol. The molecule has 2 rings (SSSR count). The fourth-order valence-corrected chi connectivity index (χ4v) is 6.45. The van der Waals surface area contributed by atoms with E-state index in [0.717, 1.165) is 16.5 Å². The van der Waals surface area contributed by atoms with E-state index in [1.165, 1.54) is 22.3 Å². The van der Waals surface area contributed by atoms with E-state index >= 15 is 0 Å². The Kier molecular flexibility index (Phi) is 5.99. The Bertz CT molecular complexity index is 577. The molecule has 0 spiro atoms. The molecule has 2 aliphatic rings. The summed E-state index contributed by atoms with van der Waals surface area (Å²) in [6, 6.07) is 0. The van der Waals surface area contributed by atoms with E-state index in [-0.39, 0.29) is 31.6 Å². The van der Waals surface area contributed by atoms with Crippen molar-refractivity contribution in [3.63, 3.8) is 0 Å². The molecule has 0 amide bonds. The Hall–Kier alpha value is 0.640. The molecule has 0 aromatic rings. The standard InChI is InChI=1S/C16H22Cl2Si.Zr/c1-8-9(2)13(7-12(8)17)19-15-11(4)10(3)14(18)16(15,5)6;/h7,19H2,1-6H3;. The second-order valence-electron chi connectivity index (χ2n) is 6.28. The van der Waals surface area contributed by atoms with Gasteiger partial charge in [-0.3, -0.25) is 0 Å². The SMILES string of the molecule is CC1=C(Cl)CC([SiH2]C2=C(C)C(C)=C(Cl)C2(C)C)=C1C.[Zr]. The van der Waals surface area contributed by atoms with Gasteiger partial charge in [0.2, 0.25) is 0 Å².